The minimum Gasteiger partial charge on any atom is -0.497 e. The van der Waals surface area contributed by atoms with E-state index in [-0.39, 0.29) is 24.6 Å². The maximum absolute atomic E-state index is 12.7. The number of nitrogens with zero attached hydrogens (tertiary/aromatic N) is 3. The lowest BCUT2D eigenvalue weighted by Crippen LogP contribution is -2.55. The molecule has 1 N–H and O–H groups in total. The van der Waals surface area contributed by atoms with Crippen LogP contribution in [0.3, 0.4) is 0 Å². The Bertz CT molecular complexity index is 949. The smallest absolute Gasteiger partial charge is 0.322 e. The van der Waals surface area contributed by atoms with Gasteiger partial charge in [0, 0.05) is 57.6 Å². The minimum atomic E-state index is -0.143. The molecule has 1 unspecified atom stereocenters. The third-order valence-electron chi connectivity index (χ3n) is 6.04. The Hall–Kier alpha value is -3.30. The maximum Gasteiger partial charge on any atom is 0.322 e. The fraction of sp³-hybridized carbons (Fsp3) is 0.440. The highest BCUT2D eigenvalue weighted by molar-refractivity contribution is 5.89. The molecule has 0 spiro atoms. The highest BCUT2D eigenvalue weighted by Gasteiger charge is 2.28. The predicted molar refractivity (Wildman–Crippen MR) is 128 cm³/mol. The molecular weight excluding hydrogens is 436 g/mol. The lowest BCUT2D eigenvalue weighted by molar-refractivity contribution is -0.135. The number of hydrogen-bond donors (Lipinski definition) is 1. The first kappa shape index (κ1) is 23.8. The molecule has 3 amide bonds. The van der Waals surface area contributed by atoms with Gasteiger partial charge in [0.2, 0.25) is 0 Å². The molecule has 0 aliphatic carbocycles. The largest absolute Gasteiger partial charge is 0.497 e. The first-order valence-electron chi connectivity index (χ1n) is 11.6. The van der Waals surface area contributed by atoms with Crippen LogP contribution in [0.4, 0.5) is 10.5 Å². The summed E-state index contributed by atoms with van der Waals surface area (Å²) in [5.41, 5.74) is 0.699. The Balaban J connectivity index is 1.19. The van der Waals surface area contributed by atoms with E-state index < -0.39 is 0 Å². The Labute approximate surface area is 200 Å². The molecule has 182 valence electrons. The summed E-state index contributed by atoms with van der Waals surface area (Å²) in [7, 11) is 1.60. The van der Waals surface area contributed by atoms with Crippen LogP contribution in [-0.4, -0.2) is 98.9 Å². The van der Waals surface area contributed by atoms with Crippen molar-refractivity contribution in [2.75, 3.05) is 71.5 Å². The van der Waals surface area contributed by atoms with Gasteiger partial charge < -0.3 is 29.3 Å². The lowest BCUT2D eigenvalue weighted by atomic mass is 10.2. The third-order valence-corrected chi connectivity index (χ3v) is 6.04. The fourth-order valence-corrected chi connectivity index (χ4v) is 4.14. The number of nitrogens with one attached hydrogen (secondary N) is 1. The number of carbonyl (C=O) groups is 2. The zero-order valence-electron chi connectivity index (χ0n) is 19.5. The summed E-state index contributed by atoms with van der Waals surface area (Å²) >= 11 is 0. The third kappa shape index (κ3) is 6.61. The van der Waals surface area contributed by atoms with Gasteiger partial charge in [-0.2, -0.15) is 0 Å². The first-order valence-corrected chi connectivity index (χ1v) is 11.6. The summed E-state index contributed by atoms with van der Waals surface area (Å²) < 4.78 is 16.7. The number of ether oxygens (including phenoxy) is 3. The van der Waals surface area contributed by atoms with Gasteiger partial charge in [-0.3, -0.25) is 9.69 Å². The van der Waals surface area contributed by atoms with Gasteiger partial charge in [0.25, 0.3) is 5.91 Å². The maximum atomic E-state index is 12.7. The van der Waals surface area contributed by atoms with Crippen molar-refractivity contribution in [3.63, 3.8) is 0 Å². The SMILES string of the molecule is COc1cccc(NC(=O)N2CCOC(CN3CCN(C(=O)COc4ccccc4)CC3)C2)c1. The normalized spacial score (nSPS) is 18.9. The van der Waals surface area contributed by atoms with E-state index in [4.69, 9.17) is 14.2 Å². The minimum absolute atomic E-state index is 0.00203. The van der Waals surface area contributed by atoms with E-state index in [0.717, 1.165) is 19.6 Å². The highest BCUT2D eigenvalue weighted by Crippen LogP contribution is 2.18. The van der Waals surface area contributed by atoms with Crippen LogP contribution in [0.2, 0.25) is 0 Å². The van der Waals surface area contributed by atoms with Gasteiger partial charge in [-0.05, 0) is 24.3 Å². The Morgan fingerprint density at radius 3 is 2.50 bits per heavy atom. The number of piperazine rings is 1. The number of anilines is 1. The van der Waals surface area contributed by atoms with Crippen molar-refractivity contribution in [3.8, 4) is 11.5 Å². The van der Waals surface area contributed by atoms with E-state index in [1.165, 1.54) is 0 Å². The van der Waals surface area contributed by atoms with Gasteiger partial charge in [-0.25, -0.2) is 4.79 Å². The molecule has 4 rings (SSSR count). The van der Waals surface area contributed by atoms with Gasteiger partial charge >= 0.3 is 6.03 Å². The molecule has 0 saturated carbocycles. The van der Waals surface area contributed by atoms with Crippen LogP contribution in [0.1, 0.15) is 0 Å². The molecule has 2 fully saturated rings. The number of urea groups is 1. The monoisotopic (exact) mass is 468 g/mol. The molecular formula is C25H32N4O5. The van der Waals surface area contributed by atoms with Gasteiger partial charge in [-0.1, -0.05) is 24.3 Å². The molecule has 0 radical (unpaired) electrons. The molecule has 2 aliphatic heterocycles. The summed E-state index contributed by atoms with van der Waals surface area (Å²) in [6.07, 6.45) is -0.0616. The number of hydrogen-bond acceptors (Lipinski definition) is 6. The second kappa shape index (κ2) is 11.7. The van der Waals surface area contributed by atoms with Crippen molar-refractivity contribution < 1.29 is 23.8 Å². The zero-order valence-corrected chi connectivity index (χ0v) is 19.5. The zero-order chi connectivity index (χ0) is 23.8. The van der Waals surface area contributed by atoms with Gasteiger partial charge in [0.15, 0.2) is 6.61 Å². The number of methoxy groups -OCH3 is 1. The second-order valence-electron chi connectivity index (χ2n) is 8.38. The van der Waals surface area contributed by atoms with E-state index in [1.54, 1.807) is 18.1 Å². The van der Waals surface area contributed by atoms with Crippen LogP contribution in [0, 0.1) is 0 Å². The topological polar surface area (TPSA) is 83.6 Å². The molecule has 9 nitrogen and oxygen atoms in total. The van der Waals surface area contributed by atoms with Crippen molar-refractivity contribution in [1.29, 1.82) is 0 Å². The first-order chi connectivity index (χ1) is 16.6. The molecule has 9 heteroatoms. The van der Waals surface area contributed by atoms with Crippen molar-refractivity contribution in [2.45, 2.75) is 6.10 Å². The standard InChI is InChI=1S/C25H32N4O5/c1-32-22-9-5-6-20(16-22)26-25(31)29-14-15-33-23(18-29)17-27-10-12-28(13-11-27)24(30)19-34-21-7-3-2-4-8-21/h2-9,16,23H,10-15,17-19H2,1H3,(H,26,31). The van der Waals surface area contributed by atoms with Crippen LogP contribution in [0.5, 0.6) is 11.5 Å². The molecule has 2 aromatic rings. The fourth-order valence-electron chi connectivity index (χ4n) is 4.14. The predicted octanol–water partition coefficient (Wildman–Crippen LogP) is 2.15. The average Bonchev–Trinajstić information content (AvgIpc) is 2.88. The molecule has 2 aliphatic rings. The van der Waals surface area contributed by atoms with E-state index in [0.29, 0.717) is 50.0 Å². The summed E-state index contributed by atoms with van der Waals surface area (Å²) in [5, 5.41) is 2.93. The molecule has 0 aromatic heterocycles. The van der Waals surface area contributed by atoms with Crippen LogP contribution >= 0.6 is 0 Å². The average molecular weight is 469 g/mol. The van der Waals surface area contributed by atoms with Gasteiger partial charge in [0.1, 0.15) is 11.5 Å². The van der Waals surface area contributed by atoms with Crippen molar-refractivity contribution in [1.82, 2.24) is 14.7 Å². The molecule has 0 bridgehead atoms. The van der Waals surface area contributed by atoms with E-state index in [9.17, 15) is 9.59 Å². The Morgan fingerprint density at radius 2 is 1.74 bits per heavy atom. The van der Waals surface area contributed by atoms with E-state index in [1.807, 2.05) is 53.4 Å². The van der Waals surface area contributed by atoms with Crippen molar-refractivity contribution in [3.05, 3.63) is 54.6 Å². The summed E-state index contributed by atoms with van der Waals surface area (Å²) in [6.45, 7) is 5.22. The van der Waals surface area contributed by atoms with Crippen molar-refractivity contribution >= 4 is 17.6 Å². The van der Waals surface area contributed by atoms with E-state index in [2.05, 4.69) is 10.2 Å². The number of rotatable bonds is 7. The summed E-state index contributed by atoms with van der Waals surface area (Å²) in [6, 6.07) is 16.5. The molecule has 2 saturated heterocycles. The Morgan fingerprint density at radius 1 is 0.971 bits per heavy atom. The number of amides is 3. The summed E-state index contributed by atoms with van der Waals surface area (Å²) in [5.74, 6) is 1.39. The quantitative estimate of drug-likeness (QED) is 0.671. The number of carbonyl (C=O) groups excluding carboxylic acids is 2. The number of morpholine rings is 1. The number of para-hydroxylation sites is 1. The Kier molecular flexibility index (Phi) is 8.21. The van der Waals surface area contributed by atoms with Crippen molar-refractivity contribution in [2.24, 2.45) is 0 Å². The molecule has 1 atom stereocenters. The van der Waals surface area contributed by atoms with Crippen LogP contribution in [0.25, 0.3) is 0 Å². The molecule has 2 aromatic carbocycles. The van der Waals surface area contributed by atoms with Crippen LogP contribution < -0.4 is 14.8 Å². The van der Waals surface area contributed by atoms with Crippen LogP contribution in [-0.2, 0) is 9.53 Å². The second-order valence-corrected chi connectivity index (χ2v) is 8.38. The van der Waals surface area contributed by atoms with Gasteiger partial charge in [0.05, 0.1) is 19.8 Å². The molecule has 34 heavy (non-hydrogen) atoms. The van der Waals surface area contributed by atoms with E-state index >= 15 is 0 Å². The highest BCUT2D eigenvalue weighted by atomic mass is 16.5. The number of benzene rings is 2. The lowest BCUT2D eigenvalue weighted by Gasteiger charge is -2.39. The summed E-state index contributed by atoms with van der Waals surface area (Å²) in [4.78, 5) is 31.1. The molecule has 2 heterocycles. The van der Waals surface area contributed by atoms with Gasteiger partial charge in [-0.15, -0.1) is 0 Å². The van der Waals surface area contributed by atoms with Crippen LogP contribution in [0.15, 0.2) is 54.6 Å².